The SMILES string of the molecule is CCOC(=O)C(Cc1cc(OC)c(OC)c(OC)c1)C(C)=O. The maximum Gasteiger partial charge on any atom is 0.316 e. The van der Waals surface area contributed by atoms with Gasteiger partial charge in [-0.2, -0.15) is 0 Å². The van der Waals surface area contributed by atoms with Crippen molar-refractivity contribution in [2.24, 2.45) is 5.92 Å². The summed E-state index contributed by atoms with van der Waals surface area (Å²) in [5.74, 6) is -0.200. The molecular weight excluding hydrogens is 288 g/mol. The highest BCUT2D eigenvalue weighted by molar-refractivity contribution is 5.98. The molecule has 1 aromatic rings. The van der Waals surface area contributed by atoms with Gasteiger partial charge in [-0.3, -0.25) is 9.59 Å². The molecular formula is C16H22O6. The molecule has 0 fully saturated rings. The lowest BCUT2D eigenvalue weighted by atomic mass is 9.95. The van der Waals surface area contributed by atoms with E-state index in [1.54, 1.807) is 19.1 Å². The molecule has 1 atom stereocenters. The smallest absolute Gasteiger partial charge is 0.316 e. The predicted molar refractivity (Wildman–Crippen MR) is 80.6 cm³/mol. The lowest BCUT2D eigenvalue weighted by molar-refractivity contribution is -0.151. The number of benzene rings is 1. The maximum atomic E-state index is 11.9. The fourth-order valence-electron chi connectivity index (χ4n) is 2.12. The minimum absolute atomic E-state index is 0.213. The van der Waals surface area contributed by atoms with Crippen LogP contribution in [-0.4, -0.2) is 39.7 Å². The van der Waals surface area contributed by atoms with Gasteiger partial charge in [0.1, 0.15) is 11.7 Å². The molecule has 0 heterocycles. The molecule has 122 valence electrons. The van der Waals surface area contributed by atoms with E-state index in [0.717, 1.165) is 5.56 Å². The van der Waals surface area contributed by atoms with E-state index in [0.29, 0.717) is 17.2 Å². The quantitative estimate of drug-likeness (QED) is 0.540. The summed E-state index contributed by atoms with van der Waals surface area (Å²) >= 11 is 0. The van der Waals surface area contributed by atoms with E-state index in [-0.39, 0.29) is 18.8 Å². The van der Waals surface area contributed by atoms with Crippen molar-refractivity contribution < 1.29 is 28.5 Å². The molecule has 0 aliphatic rings. The van der Waals surface area contributed by atoms with Gasteiger partial charge in [0.05, 0.1) is 27.9 Å². The van der Waals surface area contributed by atoms with Crippen LogP contribution in [0, 0.1) is 5.92 Å². The first-order chi connectivity index (χ1) is 10.5. The third-order valence-electron chi connectivity index (χ3n) is 3.23. The Bertz CT molecular complexity index is 512. The van der Waals surface area contributed by atoms with Gasteiger partial charge in [-0.1, -0.05) is 0 Å². The van der Waals surface area contributed by atoms with Gasteiger partial charge in [0.15, 0.2) is 11.5 Å². The summed E-state index contributed by atoms with van der Waals surface area (Å²) in [5.41, 5.74) is 0.725. The van der Waals surface area contributed by atoms with Crippen LogP contribution in [0.1, 0.15) is 19.4 Å². The molecule has 0 bridgehead atoms. The average molecular weight is 310 g/mol. The third kappa shape index (κ3) is 4.13. The largest absolute Gasteiger partial charge is 0.493 e. The standard InChI is InChI=1S/C16H22O6/c1-6-22-16(18)12(10(2)17)7-11-8-13(19-3)15(21-5)14(9-11)20-4/h8-9,12H,6-7H2,1-5H3. The molecule has 0 saturated heterocycles. The molecule has 22 heavy (non-hydrogen) atoms. The van der Waals surface area contributed by atoms with Crippen molar-refractivity contribution in [2.75, 3.05) is 27.9 Å². The summed E-state index contributed by atoms with van der Waals surface area (Å²) in [6.45, 7) is 3.31. The van der Waals surface area contributed by atoms with Gasteiger partial charge in [-0.05, 0) is 38.0 Å². The van der Waals surface area contributed by atoms with Crippen LogP contribution in [0.25, 0.3) is 0 Å². The summed E-state index contributed by atoms with van der Waals surface area (Å²) < 4.78 is 20.7. The summed E-state index contributed by atoms with van der Waals surface area (Å²) in [7, 11) is 4.53. The van der Waals surface area contributed by atoms with Crippen LogP contribution in [0.5, 0.6) is 17.2 Å². The second-order valence-corrected chi connectivity index (χ2v) is 4.65. The molecule has 1 rings (SSSR count). The first-order valence-electron chi connectivity index (χ1n) is 6.94. The Morgan fingerprint density at radius 2 is 1.59 bits per heavy atom. The van der Waals surface area contributed by atoms with Crippen molar-refractivity contribution in [3.05, 3.63) is 17.7 Å². The van der Waals surface area contributed by atoms with Gasteiger partial charge in [0.2, 0.25) is 5.75 Å². The number of carbonyl (C=O) groups is 2. The number of ether oxygens (including phenoxy) is 4. The van der Waals surface area contributed by atoms with Crippen LogP contribution in [-0.2, 0) is 20.7 Å². The highest BCUT2D eigenvalue weighted by Gasteiger charge is 2.26. The van der Waals surface area contributed by atoms with E-state index in [1.807, 2.05) is 0 Å². The van der Waals surface area contributed by atoms with E-state index < -0.39 is 11.9 Å². The number of hydrogen-bond donors (Lipinski definition) is 0. The first kappa shape index (κ1) is 17.8. The number of methoxy groups -OCH3 is 3. The predicted octanol–water partition coefficient (Wildman–Crippen LogP) is 2.02. The van der Waals surface area contributed by atoms with Crippen LogP contribution in [0.15, 0.2) is 12.1 Å². The van der Waals surface area contributed by atoms with Crippen LogP contribution < -0.4 is 14.2 Å². The lowest BCUT2D eigenvalue weighted by Crippen LogP contribution is -2.26. The minimum Gasteiger partial charge on any atom is -0.493 e. The van der Waals surface area contributed by atoms with Crippen molar-refractivity contribution in [3.63, 3.8) is 0 Å². The van der Waals surface area contributed by atoms with E-state index in [2.05, 4.69) is 0 Å². The zero-order chi connectivity index (χ0) is 16.7. The van der Waals surface area contributed by atoms with E-state index in [1.165, 1.54) is 28.3 Å². The maximum absolute atomic E-state index is 11.9. The summed E-state index contributed by atoms with van der Waals surface area (Å²) in [6.07, 6.45) is 0.213. The number of hydrogen-bond acceptors (Lipinski definition) is 6. The van der Waals surface area contributed by atoms with E-state index in [4.69, 9.17) is 18.9 Å². The highest BCUT2D eigenvalue weighted by atomic mass is 16.5. The fourth-order valence-corrected chi connectivity index (χ4v) is 2.12. The Balaban J connectivity index is 3.14. The number of Topliss-reactive ketones (excluding diaryl/α,β-unsaturated/α-hetero) is 1. The second kappa shape index (κ2) is 8.26. The van der Waals surface area contributed by atoms with Gasteiger partial charge < -0.3 is 18.9 Å². The summed E-state index contributed by atoms with van der Waals surface area (Å²) in [6, 6.07) is 3.44. The van der Waals surface area contributed by atoms with Crippen LogP contribution >= 0.6 is 0 Å². The number of carbonyl (C=O) groups excluding carboxylic acids is 2. The molecule has 0 radical (unpaired) electrons. The Labute approximate surface area is 130 Å². The monoisotopic (exact) mass is 310 g/mol. The fraction of sp³-hybridized carbons (Fsp3) is 0.500. The van der Waals surface area contributed by atoms with Crippen LogP contribution in [0.3, 0.4) is 0 Å². The summed E-state index contributed by atoms with van der Waals surface area (Å²) in [5, 5.41) is 0. The topological polar surface area (TPSA) is 71.1 Å². The molecule has 1 unspecified atom stereocenters. The van der Waals surface area contributed by atoms with E-state index in [9.17, 15) is 9.59 Å². The third-order valence-corrected chi connectivity index (χ3v) is 3.23. The minimum atomic E-state index is -0.845. The van der Waals surface area contributed by atoms with Gasteiger partial charge in [-0.25, -0.2) is 0 Å². The highest BCUT2D eigenvalue weighted by Crippen LogP contribution is 2.38. The Morgan fingerprint density at radius 1 is 1.05 bits per heavy atom. The summed E-state index contributed by atoms with van der Waals surface area (Å²) in [4.78, 5) is 23.6. The molecule has 1 aromatic carbocycles. The number of ketones is 1. The molecule has 0 aromatic heterocycles. The second-order valence-electron chi connectivity index (χ2n) is 4.65. The molecule has 0 aliphatic heterocycles. The van der Waals surface area contributed by atoms with Crippen molar-refractivity contribution in [1.29, 1.82) is 0 Å². The normalized spacial score (nSPS) is 11.5. The average Bonchev–Trinajstić information content (AvgIpc) is 2.51. The molecule has 6 nitrogen and oxygen atoms in total. The first-order valence-corrected chi connectivity index (χ1v) is 6.94. The Morgan fingerprint density at radius 3 is 1.95 bits per heavy atom. The van der Waals surface area contributed by atoms with Gasteiger partial charge in [0, 0.05) is 0 Å². The molecule has 0 N–H and O–H groups in total. The molecule has 0 aliphatic carbocycles. The van der Waals surface area contributed by atoms with Crippen molar-refractivity contribution in [1.82, 2.24) is 0 Å². The van der Waals surface area contributed by atoms with Gasteiger partial charge in [-0.15, -0.1) is 0 Å². The molecule has 0 spiro atoms. The molecule has 0 saturated carbocycles. The van der Waals surface area contributed by atoms with E-state index >= 15 is 0 Å². The number of rotatable bonds is 8. The van der Waals surface area contributed by atoms with Gasteiger partial charge >= 0.3 is 5.97 Å². The van der Waals surface area contributed by atoms with Crippen LogP contribution in [0.2, 0.25) is 0 Å². The van der Waals surface area contributed by atoms with Crippen molar-refractivity contribution in [3.8, 4) is 17.2 Å². The molecule has 0 amide bonds. The van der Waals surface area contributed by atoms with Crippen molar-refractivity contribution in [2.45, 2.75) is 20.3 Å². The number of esters is 1. The lowest BCUT2D eigenvalue weighted by Gasteiger charge is -2.16. The Hall–Kier alpha value is -2.24. The van der Waals surface area contributed by atoms with Gasteiger partial charge in [0.25, 0.3) is 0 Å². The van der Waals surface area contributed by atoms with Crippen molar-refractivity contribution >= 4 is 11.8 Å². The van der Waals surface area contributed by atoms with Crippen LogP contribution in [0.4, 0.5) is 0 Å². The zero-order valence-electron chi connectivity index (χ0n) is 13.6. The Kier molecular flexibility index (Phi) is 6.69. The molecule has 6 heteroatoms. The zero-order valence-corrected chi connectivity index (χ0v) is 13.6.